The van der Waals surface area contributed by atoms with Gasteiger partial charge in [-0.2, -0.15) is 0 Å². The number of nitrogens with zero attached hydrogens (tertiary/aromatic N) is 2. The van der Waals surface area contributed by atoms with Crippen molar-refractivity contribution in [3.8, 4) is 5.75 Å². The summed E-state index contributed by atoms with van der Waals surface area (Å²) in [5.41, 5.74) is 1.04. The van der Waals surface area contributed by atoms with Crippen molar-refractivity contribution < 1.29 is 4.74 Å². The fourth-order valence-electron chi connectivity index (χ4n) is 1.59. The molecule has 2 aromatic heterocycles. The van der Waals surface area contributed by atoms with Gasteiger partial charge in [0.15, 0.2) is 0 Å². The molecule has 0 radical (unpaired) electrons. The molecule has 0 spiro atoms. The summed E-state index contributed by atoms with van der Waals surface area (Å²) < 4.78 is 6.62. The standard InChI is InChI=1S/C14H16BrN3O/c1-2-5-17-14-11(4-3-6-18-14)10-19-13-7-12(15)8-16-9-13/h3-4,6-9H,2,5,10H2,1H3,(H,17,18). The van der Waals surface area contributed by atoms with Gasteiger partial charge in [0.1, 0.15) is 18.2 Å². The number of nitrogens with one attached hydrogen (secondary N) is 1. The molecule has 100 valence electrons. The first-order valence-electron chi connectivity index (χ1n) is 6.20. The molecule has 0 bridgehead atoms. The number of ether oxygens (including phenoxy) is 1. The van der Waals surface area contributed by atoms with E-state index in [0.717, 1.165) is 34.6 Å². The molecule has 0 saturated carbocycles. The summed E-state index contributed by atoms with van der Waals surface area (Å²) in [5.74, 6) is 1.62. The first-order valence-corrected chi connectivity index (χ1v) is 7.00. The predicted octanol–water partition coefficient (Wildman–Crippen LogP) is 3.64. The van der Waals surface area contributed by atoms with Gasteiger partial charge in [-0.1, -0.05) is 13.0 Å². The van der Waals surface area contributed by atoms with Gasteiger partial charge < -0.3 is 10.1 Å². The van der Waals surface area contributed by atoms with Gasteiger partial charge in [-0.3, -0.25) is 4.98 Å². The van der Waals surface area contributed by atoms with Gasteiger partial charge in [-0.05, 0) is 34.5 Å². The molecule has 2 aromatic rings. The highest BCUT2D eigenvalue weighted by atomic mass is 79.9. The van der Waals surface area contributed by atoms with Gasteiger partial charge in [0, 0.05) is 29.0 Å². The van der Waals surface area contributed by atoms with Crippen molar-refractivity contribution >= 4 is 21.7 Å². The number of anilines is 1. The van der Waals surface area contributed by atoms with Crippen LogP contribution in [-0.4, -0.2) is 16.5 Å². The number of hydrogen-bond acceptors (Lipinski definition) is 4. The Morgan fingerprint density at radius 2 is 2.26 bits per heavy atom. The van der Waals surface area contributed by atoms with Crippen molar-refractivity contribution in [2.24, 2.45) is 0 Å². The lowest BCUT2D eigenvalue weighted by atomic mass is 10.2. The minimum Gasteiger partial charge on any atom is -0.487 e. The number of rotatable bonds is 6. The Morgan fingerprint density at radius 3 is 3.05 bits per heavy atom. The molecule has 2 heterocycles. The Morgan fingerprint density at radius 1 is 1.37 bits per heavy atom. The average molecular weight is 322 g/mol. The summed E-state index contributed by atoms with van der Waals surface area (Å²) in [6.07, 6.45) is 6.26. The van der Waals surface area contributed by atoms with E-state index < -0.39 is 0 Å². The van der Waals surface area contributed by atoms with Crippen LogP contribution in [0.1, 0.15) is 18.9 Å². The van der Waals surface area contributed by atoms with E-state index in [4.69, 9.17) is 4.74 Å². The quantitative estimate of drug-likeness (QED) is 0.882. The van der Waals surface area contributed by atoms with Crippen molar-refractivity contribution in [3.63, 3.8) is 0 Å². The van der Waals surface area contributed by atoms with Crippen molar-refractivity contribution in [1.82, 2.24) is 9.97 Å². The molecule has 0 aliphatic heterocycles. The van der Waals surface area contributed by atoms with Crippen LogP contribution in [0.3, 0.4) is 0 Å². The van der Waals surface area contributed by atoms with E-state index in [1.807, 2.05) is 18.2 Å². The predicted molar refractivity (Wildman–Crippen MR) is 79.3 cm³/mol. The molecule has 0 saturated heterocycles. The van der Waals surface area contributed by atoms with Crippen LogP contribution >= 0.6 is 15.9 Å². The Labute approximate surface area is 121 Å². The van der Waals surface area contributed by atoms with Gasteiger partial charge >= 0.3 is 0 Å². The molecule has 5 heteroatoms. The fraction of sp³-hybridized carbons (Fsp3) is 0.286. The monoisotopic (exact) mass is 321 g/mol. The van der Waals surface area contributed by atoms with Crippen LogP contribution < -0.4 is 10.1 Å². The molecule has 2 rings (SSSR count). The highest BCUT2D eigenvalue weighted by molar-refractivity contribution is 9.10. The van der Waals surface area contributed by atoms with Gasteiger partial charge in [-0.25, -0.2) is 4.98 Å². The van der Waals surface area contributed by atoms with Crippen LogP contribution in [0.2, 0.25) is 0 Å². The minimum atomic E-state index is 0.470. The molecule has 19 heavy (non-hydrogen) atoms. The van der Waals surface area contributed by atoms with E-state index in [1.165, 1.54) is 0 Å². The number of pyridine rings is 2. The Balaban J connectivity index is 2.02. The lowest BCUT2D eigenvalue weighted by Crippen LogP contribution is -2.07. The zero-order valence-corrected chi connectivity index (χ0v) is 12.4. The molecule has 4 nitrogen and oxygen atoms in total. The molecule has 0 atom stereocenters. The summed E-state index contributed by atoms with van der Waals surface area (Å²) >= 11 is 3.37. The van der Waals surface area contributed by atoms with Crippen molar-refractivity contribution in [2.75, 3.05) is 11.9 Å². The highest BCUT2D eigenvalue weighted by Crippen LogP contribution is 2.19. The maximum absolute atomic E-state index is 5.72. The van der Waals surface area contributed by atoms with E-state index in [-0.39, 0.29) is 0 Å². The third-order valence-corrected chi connectivity index (χ3v) is 2.94. The zero-order valence-electron chi connectivity index (χ0n) is 10.8. The third kappa shape index (κ3) is 4.21. The smallest absolute Gasteiger partial charge is 0.139 e. The van der Waals surface area contributed by atoms with Crippen LogP contribution in [0.4, 0.5) is 5.82 Å². The van der Waals surface area contributed by atoms with Crippen molar-refractivity contribution in [1.29, 1.82) is 0 Å². The Bertz CT molecular complexity index is 534. The van der Waals surface area contributed by atoms with Gasteiger partial charge in [-0.15, -0.1) is 0 Å². The third-order valence-electron chi connectivity index (χ3n) is 2.51. The van der Waals surface area contributed by atoms with Gasteiger partial charge in [0.05, 0.1) is 6.20 Å². The maximum atomic E-state index is 5.72. The molecule has 1 N–H and O–H groups in total. The van der Waals surface area contributed by atoms with E-state index in [9.17, 15) is 0 Å². The second-order valence-electron chi connectivity index (χ2n) is 4.07. The minimum absolute atomic E-state index is 0.470. The van der Waals surface area contributed by atoms with Crippen LogP contribution in [0.15, 0.2) is 41.3 Å². The van der Waals surface area contributed by atoms with E-state index in [1.54, 1.807) is 18.6 Å². The summed E-state index contributed by atoms with van der Waals surface area (Å²) in [5, 5.41) is 3.29. The van der Waals surface area contributed by atoms with Crippen LogP contribution in [0.5, 0.6) is 5.75 Å². The van der Waals surface area contributed by atoms with E-state index >= 15 is 0 Å². The van der Waals surface area contributed by atoms with Crippen molar-refractivity contribution in [3.05, 3.63) is 46.8 Å². The largest absolute Gasteiger partial charge is 0.487 e. The number of halogens is 1. The zero-order chi connectivity index (χ0) is 13.5. The molecule has 0 aliphatic carbocycles. The molecule has 0 aromatic carbocycles. The van der Waals surface area contributed by atoms with Crippen LogP contribution in [0, 0.1) is 0 Å². The Hall–Kier alpha value is -1.62. The van der Waals surface area contributed by atoms with Gasteiger partial charge in [0.25, 0.3) is 0 Å². The first kappa shape index (κ1) is 13.8. The van der Waals surface area contributed by atoms with Crippen LogP contribution in [-0.2, 0) is 6.61 Å². The Kier molecular flexibility index (Phi) is 5.15. The number of hydrogen-bond donors (Lipinski definition) is 1. The maximum Gasteiger partial charge on any atom is 0.139 e. The molecule has 0 amide bonds. The normalized spacial score (nSPS) is 10.2. The molecular formula is C14H16BrN3O. The topological polar surface area (TPSA) is 47.0 Å². The number of aromatic nitrogens is 2. The lowest BCUT2D eigenvalue weighted by molar-refractivity contribution is 0.305. The van der Waals surface area contributed by atoms with Crippen molar-refractivity contribution in [2.45, 2.75) is 20.0 Å². The fourth-order valence-corrected chi connectivity index (χ4v) is 1.93. The molecule has 0 fully saturated rings. The summed E-state index contributed by atoms with van der Waals surface area (Å²) in [4.78, 5) is 8.40. The highest BCUT2D eigenvalue weighted by Gasteiger charge is 2.04. The second kappa shape index (κ2) is 7.09. The van der Waals surface area contributed by atoms with E-state index in [2.05, 4.69) is 38.1 Å². The average Bonchev–Trinajstić information content (AvgIpc) is 2.44. The van der Waals surface area contributed by atoms with E-state index in [0.29, 0.717) is 6.61 Å². The second-order valence-corrected chi connectivity index (χ2v) is 4.98. The molecular weight excluding hydrogens is 306 g/mol. The lowest BCUT2D eigenvalue weighted by Gasteiger charge is -2.11. The summed E-state index contributed by atoms with van der Waals surface area (Å²) in [6, 6.07) is 5.81. The SMILES string of the molecule is CCCNc1ncccc1COc1cncc(Br)c1. The summed E-state index contributed by atoms with van der Waals surface area (Å²) in [6.45, 7) is 3.50. The summed E-state index contributed by atoms with van der Waals surface area (Å²) in [7, 11) is 0. The van der Waals surface area contributed by atoms with Gasteiger partial charge in [0.2, 0.25) is 0 Å². The van der Waals surface area contributed by atoms with Crippen LogP contribution in [0.25, 0.3) is 0 Å². The molecule has 0 unspecified atom stereocenters. The molecule has 0 aliphatic rings. The first-order chi connectivity index (χ1) is 9.29.